The second-order valence-corrected chi connectivity index (χ2v) is 3.76. The van der Waals surface area contributed by atoms with Crippen LogP contribution in [0, 0.1) is 0 Å². The average molecular weight is 280 g/mol. The first-order valence-electron chi connectivity index (χ1n) is 2.92. The topological polar surface area (TPSA) is 40.5 Å². The van der Waals surface area contributed by atoms with Gasteiger partial charge < -0.3 is 10.0 Å². The van der Waals surface area contributed by atoms with Crippen molar-refractivity contribution in [2.75, 3.05) is 0 Å². The van der Waals surface area contributed by atoms with Gasteiger partial charge in [-0.1, -0.05) is 6.07 Å². The molecule has 0 aliphatic heterocycles. The molecular formula is C6H5BBr2O2. The monoisotopic (exact) mass is 278 g/mol. The molecular weight excluding hydrogens is 275 g/mol. The van der Waals surface area contributed by atoms with Crippen LogP contribution in [-0.4, -0.2) is 17.2 Å². The first-order chi connectivity index (χ1) is 5.11. The van der Waals surface area contributed by atoms with E-state index in [1.807, 2.05) is 0 Å². The maximum atomic E-state index is 8.76. The molecule has 0 aliphatic rings. The minimum absolute atomic E-state index is 0.472. The molecule has 0 radical (unpaired) electrons. The summed E-state index contributed by atoms with van der Waals surface area (Å²) < 4.78 is 1.70. The normalized spacial score (nSPS) is 9.82. The lowest BCUT2D eigenvalue weighted by Gasteiger charge is -2.00. The third kappa shape index (κ3) is 2.30. The van der Waals surface area contributed by atoms with Gasteiger partial charge in [-0.05, 0) is 49.5 Å². The van der Waals surface area contributed by atoms with E-state index in [9.17, 15) is 0 Å². The fourth-order valence-electron chi connectivity index (χ4n) is 0.673. The van der Waals surface area contributed by atoms with Crippen LogP contribution in [0.4, 0.5) is 0 Å². The zero-order valence-corrected chi connectivity index (χ0v) is 8.63. The Bertz CT molecular complexity index is 265. The molecule has 0 bridgehead atoms. The molecule has 0 saturated carbocycles. The molecule has 2 N–H and O–H groups in total. The molecule has 0 saturated heterocycles. The molecule has 1 rings (SSSR count). The van der Waals surface area contributed by atoms with Gasteiger partial charge in [0.2, 0.25) is 0 Å². The van der Waals surface area contributed by atoms with Crippen LogP contribution in [0.3, 0.4) is 0 Å². The first kappa shape index (κ1) is 9.25. The van der Waals surface area contributed by atoms with E-state index in [1.54, 1.807) is 18.2 Å². The molecule has 0 aliphatic carbocycles. The summed E-state index contributed by atoms with van der Waals surface area (Å²) in [5.74, 6) is 0. The third-order valence-electron chi connectivity index (χ3n) is 1.24. The summed E-state index contributed by atoms with van der Waals surface area (Å²) in [6.45, 7) is 0. The highest BCUT2D eigenvalue weighted by molar-refractivity contribution is 9.13. The van der Waals surface area contributed by atoms with E-state index in [4.69, 9.17) is 10.0 Å². The van der Waals surface area contributed by atoms with E-state index in [2.05, 4.69) is 31.9 Å². The summed E-state index contributed by atoms with van der Waals surface area (Å²) in [7, 11) is -1.40. The highest BCUT2D eigenvalue weighted by Gasteiger charge is 2.11. The highest BCUT2D eigenvalue weighted by Crippen LogP contribution is 2.20. The molecule has 0 fully saturated rings. The minimum Gasteiger partial charge on any atom is -0.423 e. The lowest BCUT2D eigenvalue weighted by molar-refractivity contribution is 0.426. The molecule has 0 aromatic heterocycles. The summed E-state index contributed by atoms with van der Waals surface area (Å²) in [6, 6.07) is 5.03. The van der Waals surface area contributed by atoms with Gasteiger partial charge >= 0.3 is 7.12 Å². The summed E-state index contributed by atoms with van der Waals surface area (Å²) in [5, 5.41) is 17.5. The molecule has 5 heteroatoms. The molecule has 0 amide bonds. The third-order valence-corrected chi connectivity index (χ3v) is 3.12. The van der Waals surface area contributed by atoms with Gasteiger partial charge in [0.25, 0.3) is 0 Å². The van der Waals surface area contributed by atoms with E-state index >= 15 is 0 Å². The maximum absolute atomic E-state index is 8.76. The molecule has 0 atom stereocenters. The molecule has 11 heavy (non-hydrogen) atoms. The lowest BCUT2D eigenvalue weighted by atomic mass is 9.81. The van der Waals surface area contributed by atoms with Crippen molar-refractivity contribution in [3.05, 3.63) is 27.1 Å². The van der Waals surface area contributed by atoms with Crippen LogP contribution in [0.15, 0.2) is 27.1 Å². The molecule has 58 valence electrons. The van der Waals surface area contributed by atoms with Crippen molar-refractivity contribution in [1.29, 1.82) is 0 Å². The Hall–Kier alpha value is 0.165. The SMILES string of the molecule is OB(O)c1ccc(Br)c(Br)c1. The minimum atomic E-state index is -1.40. The van der Waals surface area contributed by atoms with Gasteiger partial charge in [0.05, 0.1) is 0 Å². The van der Waals surface area contributed by atoms with Crippen molar-refractivity contribution in [3.8, 4) is 0 Å². The summed E-state index contributed by atoms with van der Waals surface area (Å²) >= 11 is 6.51. The maximum Gasteiger partial charge on any atom is 0.488 e. The highest BCUT2D eigenvalue weighted by atomic mass is 79.9. The number of halogens is 2. The van der Waals surface area contributed by atoms with Crippen LogP contribution in [0.5, 0.6) is 0 Å². The van der Waals surface area contributed by atoms with Gasteiger partial charge in [0.1, 0.15) is 0 Å². The van der Waals surface area contributed by atoms with Crippen molar-refractivity contribution < 1.29 is 10.0 Å². The van der Waals surface area contributed by atoms with Crippen molar-refractivity contribution in [3.63, 3.8) is 0 Å². The Morgan fingerprint density at radius 2 is 1.73 bits per heavy atom. The first-order valence-corrected chi connectivity index (χ1v) is 4.51. The number of hydrogen-bond donors (Lipinski definition) is 2. The lowest BCUT2D eigenvalue weighted by Crippen LogP contribution is -2.29. The van der Waals surface area contributed by atoms with Gasteiger partial charge in [-0.15, -0.1) is 0 Å². The Balaban J connectivity index is 3.05. The van der Waals surface area contributed by atoms with Crippen LogP contribution in [0.1, 0.15) is 0 Å². The summed E-state index contributed by atoms with van der Waals surface area (Å²) in [5.41, 5.74) is 0.472. The molecule has 1 aromatic carbocycles. The van der Waals surface area contributed by atoms with Crippen LogP contribution in [0.2, 0.25) is 0 Å². The molecule has 0 heterocycles. The van der Waals surface area contributed by atoms with Crippen LogP contribution in [0.25, 0.3) is 0 Å². The summed E-state index contributed by atoms with van der Waals surface area (Å²) in [4.78, 5) is 0. The van der Waals surface area contributed by atoms with Gasteiger partial charge in [-0.3, -0.25) is 0 Å². The zero-order valence-electron chi connectivity index (χ0n) is 5.46. The van der Waals surface area contributed by atoms with Crippen LogP contribution in [-0.2, 0) is 0 Å². The number of rotatable bonds is 1. The van der Waals surface area contributed by atoms with E-state index in [-0.39, 0.29) is 0 Å². The van der Waals surface area contributed by atoms with Gasteiger partial charge in [0.15, 0.2) is 0 Å². The Labute approximate surface area is 81.6 Å². The van der Waals surface area contributed by atoms with Gasteiger partial charge in [-0.25, -0.2) is 0 Å². The quantitative estimate of drug-likeness (QED) is 0.750. The Morgan fingerprint density at radius 3 is 2.18 bits per heavy atom. The number of hydrogen-bond acceptors (Lipinski definition) is 2. The van der Waals surface area contributed by atoms with Crippen LogP contribution >= 0.6 is 31.9 Å². The smallest absolute Gasteiger partial charge is 0.423 e. The average Bonchev–Trinajstić information content (AvgIpc) is 1.94. The van der Waals surface area contributed by atoms with Crippen molar-refractivity contribution in [2.45, 2.75) is 0 Å². The predicted molar refractivity (Wildman–Crippen MR) is 51.7 cm³/mol. The largest absolute Gasteiger partial charge is 0.488 e. The second kappa shape index (κ2) is 3.71. The van der Waals surface area contributed by atoms with E-state index in [0.29, 0.717) is 5.46 Å². The zero-order chi connectivity index (χ0) is 8.43. The van der Waals surface area contributed by atoms with Crippen molar-refractivity contribution in [1.82, 2.24) is 0 Å². The van der Waals surface area contributed by atoms with Crippen LogP contribution < -0.4 is 5.46 Å². The van der Waals surface area contributed by atoms with E-state index in [1.165, 1.54) is 0 Å². The fraction of sp³-hybridized carbons (Fsp3) is 0. The Kier molecular flexibility index (Phi) is 3.12. The Morgan fingerprint density at radius 1 is 1.09 bits per heavy atom. The molecule has 0 unspecified atom stereocenters. The standard InChI is InChI=1S/C6H5BBr2O2/c8-5-2-1-4(7(10)11)3-6(5)9/h1-3,10-11H. The summed E-state index contributed by atoms with van der Waals surface area (Å²) in [6.07, 6.45) is 0. The van der Waals surface area contributed by atoms with Gasteiger partial charge in [-0.2, -0.15) is 0 Å². The number of benzene rings is 1. The molecule has 0 spiro atoms. The molecule has 2 nitrogen and oxygen atoms in total. The second-order valence-electron chi connectivity index (χ2n) is 2.05. The van der Waals surface area contributed by atoms with Crippen molar-refractivity contribution >= 4 is 44.4 Å². The van der Waals surface area contributed by atoms with Gasteiger partial charge in [0, 0.05) is 8.95 Å². The van der Waals surface area contributed by atoms with E-state index in [0.717, 1.165) is 8.95 Å². The van der Waals surface area contributed by atoms with Crippen molar-refractivity contribution in [2.24, 2.45) is 0 Å². The predicted octanol–water partition coefficient (Wildman–Crippen LogP) is 0.891. The fourth-order valence-corrected chi connectivity index (χ4v) is 1.32. The molecule has 1 aromatic rings. The van der Waals surface area contributed by atoms with E-state index < -0.39 is 7.12 Å².